The van der Waals surface area contributed by atoms with Crippen LogP contribution in [0.1, 0.15) is 219 Å². The first-order chi connectivity index (χ1) is 21.5. The molecule has 0 rings (SSSR count). The van der Waals surface area contributed by atoms with Crippen LogP contribution in [0.4, 0.5) is 0 Å². The van der Waals surface area contributed by atoms with Crippen LogP contribution < -0.4 is 0 Å². The maximum Gasteiger partial charge on any atom is 0.303 e. The van der Waals surface area contributed by atoms with E-state index in [1.165, 1.54) is 167 Å². The van der Waals surface area contributed by atoms with E-state index in [9.17, 15) is 9.59 Å². The van der Waals surface area contributed by atoms with Gasteiger partial charge in [-0.3, -0.25) is 9.59 Å². The van der Waals surface area contributed by atoms with E-state index in [1.807, 2.05) is 0 Å². The number of rotatable bonds is 34. The number of allylic oxidation sites excluding steroid dienone is 4. The maximum atomic E-state index is 10.4. The van der Waals surface area contributed by atoms with Gasteiger partial charge in [-0.15, -0.1) is 0 Å². The van der Waals surface area contributed by atoms with Crippen LogP contribution in [-0.2, 0) is 26.1 Å². The third kappa shape index (κ3) is 52.7. The molecule has 0 atom stereocenters. The molecule has 0 aliphatic carbocycles. The van der Waals surface area contributed by atoms with Gasteiger partial charge in [-0.2, -0.15) is 0 Å². The van der Waals surface area contributed by atoms with Crippen molar-refractivity contribution in [2.24, 2.45) is 0 Å². The number of aliphatic carboxylic acids is 2. The summed E-state index contributed by atoms with van der Waals surface area (Å²) >= 11 is 0. The fourth-order valence-electron chi connectivity index (χ4n) is 5.40. The Hall–Kier alpha value is -1.09. The van der Waals surface area contributed by atoms with Crippen molar-refractivity contribution < 1.29 is 36.3 Å². The minimum atomic E-state index is -0.663. The second-order valence-corrected chi connectivity index (χ2v) is 12.9. The van der Waals surface area contributed by atoms with Crippen molar-refractivity contribution in [2.75, 3.05) is 0 Å². The van der Waals surface area contributed by atoms with Gasteiger partial charge in [0.05, 0.1) is 0 Å². The van der Waals surface area contributed by atoms with Gasteiger partial charge in [-0.1, -0.05) is 167 Å². The molecule has 0 saturated carbocycles. The molecule has 0 aromatic carbocycles. The van der Waals surface area contributed by atoms with Gasteiger partial charge in [0, 0.05) is 29.3 Å². The largest absolute Gasteiger partial charge is 0.481 e. The molecule has 0 aromatic rings. The standard InChI is InChI=1S/2C20H38O2.Ni/c2*1-2-3-4-5-6-7-8-9-10-11-12-13-14-15-16-17-18-19-20(21)22;/h2*11-12H,2-10,13-19H2,1H3,(H,21,22);/b2*12-11-;. The molecule has 0 spiro atoms. The normalized spacial score (nSPS) is 11.1. The summed E-state index contributed by atoms with van der Waals surface area (Å²) in [4.78, 5) is 20.7. The second-order valence-electron chi connectivity index (χ2n) is 12.9. The van der Waals surface area contributed by atoms with Crippen LogP contribution in [0.15, 0.2) is 24.3 Å². The van der Waals surface area contributed by atoms with Crippen LogP contribution in [-0.4, -0.2) is 22.2 Å². The molecule has 270 valence electrons. The Morgan fingerprint density at radius 1 is 0.356 bits per heavy atom. The van der Waals surface area contributed by atoms with Gasteiger partial charge in [0.15, 0.2) is 0 Å². The SMILES string of the molecule is CCCCCCCCCC/C=C\CCCCCCCC(=O)O.CCCCCCCCCC/C=C\CCCCCCCC(=O)O.[Ni]. The van der Waals surface area contributed by atoms with E-state index in [-0.39, 0.29) is 16.5 Å². The molecule has 0 aliphatic rings. The van der Waals surface area contributed by atoms with Gasteiger partial charge in [-0.25, -0.2) is 0 Å². The summed E-state index contributed by atoms with van der Waals surface area (Å²) in [5.41, 5.74) is 0. The summed E-state index contributed by atoms with van der Waals surface area (Å²) in [5.74, 6) is -1.33. The Kier molecular flexibility index (Phi) is 48.4. The first-order valence-electron chi connectivity index (χ1n) is 19.3. The molecule has 0 unspecified atom stereocenters. The zero-order valence-corrected chi connectivity index (χ0v) is 31.0. The first-order valence-corrected chi connectivity index (χ1v) is 19.3. The van der Waals surface area contributed by atoms with Gasteiger partial charge in [0.25, 0.3) is 0 Å². The van der Waals surface area contributed by atoms with Crippen LogP contribution in [0.5, 0.6) is 0 Å². The molecular weight excluding hydrogens is 603 g/mol. The molecular formula is C40H76NiO4. The summed E-state index contributed by atoms with van der Waals surface area (Å²) in [5, 5.41) is 17.1. The molecule has 2 N–H and O–H groups in total. The number of unbranched alkanes of at least 4 members (excludes halogenated alkanes) is 26. The minimum absolute atomic E-state index is 0. The quantitative estimate of drug-likeness (QED) is 0.0403. The molecule has 0 radical (unpaired) electrons. The fraction of sp³-hybridized carbons (Fsp3) is 0.850. The van der Waals surface area contributed by atoms with Crippen LogP contribution in [0.25, 0.3) is 0 Å². The number of carbonyl (C=O) groups is 2. The molecule has 0 aliphatic heterocycles. The van der Waals surface area contributed by atoms with E-state index in [2.05, 4.69) is 38.2 Å². The molecule has 0 saturated heterocycles. The predicted molar refractivity (Wildman–Crippen MR) is 193 cm³/mol. The smallest absolute Gasteiger partial charge is 0.303 e. The average molecular weight is 680 g/mol. The van der Waals surface area contributed by atoms with Crippen molar-refractivity contribution in [1.29, 1.82) is 0 Å². The first kappa shape index (κ1) is 48.3. The molecule has 0 aromatic heterocycles. The molecule has 0 bridgehead atoms. The average Bonchev–Trinajstić information content (AvgIpc) is 3.00. The molecule has 0 fully saturated rings. The fourth-order valence-corrected chi connectivity index (χ4v) is 5.40. The number of carboxylic acid groups (broad SMARTS) is 2. The minimum Gasteiger partial charge on any atom is -0.481 e. The van der Waals surface area contributed by atoms with E-state index in [4.69, 9.17) is 10.2 Å². The Labute approximate surface area is 291 Å². The van der Waals surface area contributed by atoms with E-state index in [0.717, 1.165) is 25.7 Å². The molecule has 4 nitrogen and oxygen atoms in total. The van der Waals surface area contributed by atoms with Crippen LogP contribution in [0.3, 0.4) is 0 Å². The van der Waals surface area contributed by atoms with Crippen molar-refractivity contribution in [3.63, 3.8) is 0 Å². The van der Waals surface area contributed by atoms with Gasteiger partial charge < -0.3 is 10.2 Å². The van der Waals surface area contributed by atoms with Gasteiger partial charge in [0.1, 0.15) is 0 Å². The zero-order chi connectivity index (χ0) is 32.6. The summed E-state index contributed by atoms with van der Waals surface area (Å²) in [6, 6.07) is 0. The van der Waals surface area contributed by atoms with Crippen LogP contribution in [0, 0.1) is 0 Å². The van der Waals surface area contributed by atoms with Gasteiger partial charge in [-0.05, 0) is 64.2 Å². The third-order valence-corrected chi connectivity index (χ3v) is 8.30. The van der Waals surface area contributed by atoms with Crippen molar-refractivity contribution >= 4 is 11.9 Å². The van der Waals surface area contributed by atoms with E-state index >= 15 is 0 Å². The Bertz CT molecular complexity index is 578. The van der Waals surface area contributed by atoms with Crippen molar-refractivity contribution in [1.82, 2.24) is 0 Å². The Morgan fingerprint density at radius 3 is 0.778 bits per heavy atom. The van der Waals surface area contributed by atoms with E-state index in [0.29, 0.717) is 12.8 Å². The maximum absolute atomic E-state index is 10.4. The number of hydrogen-bond donors (Lipinski definition) is 2. The van der Waals surface area contributed by atoms with Crippen LogP contribution >= 0.6 is 0 Å². The summed E-state index contributed by atoms with van der Waals surface area (Å²) in [6.45, 7) is 4.54. The Balaban J connectivity index is -0.000000767. The molecule has 0 amide bonds. The summed E-state index contributed by atoms with van der Waals surface area (Å²) in [6.07, 6.45) is 48.4. The predicted octanol–water partition coefficient (Wildman–Crippen LogP) is 13.8. The zero-order valence-electron chi connectivity index (χ0n) is 30.0. The second kappa shape index (κ2) is 45.0. The third-order valence-electron chi connectivity index (χ3n) is 8.30. The monoisotopic (exact) mass is 679 g/mol. The van der Waals surface area contributed by atoms with Crippen molar-refractivity contribution in [2.45, 2.75) is 219 Å². The molecule has 5 heteroatoms. The molecule has 0 heterocycles. The van der Waals surface area contributed by atoms with Crippen molar-refractivity contribution in [3.05, 3.63) is 24.3 Å². The topological polar surface area (TPSA) is 74.6 Å². The number of hydrogen-bond acceptors (Lipinski definition) is 2. The molecule has 45 heavy (non-hydrogen) atoms. The van der Waals surface area contributed by atoms with Crippen molar-refractivity contribution in [3.8, 4) is 0 Å². The summed E-state index contributed by atoms with van der Waals surface area (Å²) < 4.78 is 0. The van der Waals surface area contributed by atoms with Crippen LogP contribution in [0.2, 0.25) is 0 Å². The van der Waals surface area contributed by atoms with Gasteiger partial charge >= 0.3 is 11.9 Å². The summed E-state index contributed by atoms with van der Waals surface area (Å²) in [7, 11) is 0. The van der Waals surface area contributed by atoms with E-state index in [1.54, 1.807) is 0 Å². The van der Waals surface area contributed by atoms with E-state index < -0.39 is 11.9 Å². The number of carboxylic acids is 2. The Morgan fingerprint density at radius 2 is 0.556 bits per heavy atom. The van der Waals surface area contributed by atoms with Gasteiger partial charge in [0.2, 0.25) is 0 Å².